The fourth-order valence-corrected chi connectivity index (χ4v) is 2.03. The maximum Gasteiger partial charge on any atom is 0.106 e. The number of nitrogens with one attached hydrogen (secondary N) is 1. The molecular weight excluding hydrogens is 184 g/mol. The smallest absolute Gasteiger partial charge is 0.106 e. The maximum atomic E-state index is 6.05. The minimum absolute atomic E-state index is 0.856. The van der Waals surface area contributed by atoms with Gasteiger partial charge in [-0.3, -0.25) is 4.98 Å². The molecule has 1 N–H and O–H groups in total. The SMILES string of the molecule is Clc1ccncc1C[NH+]1CCCC1. The molecule has 1 aliphatic rings. The lowest BCUT2D eigenvalue weighted by molar-refractivity contribution is -0.901. The Kier molecular flexibility index (Phi) is 2.81. The van der Waals surface area contributed by atoms with Crippen molar-refractivity contribution in [2.45, 2.75) is 19.4 Å². The topological polar surface area (TPSA) is 17.3 Å². The molecule has 1 aliphatic heterocycles. The fourth-order valence-electron chi connectivity index (χ4n) is 1.86. The average Bonchev–Trinajstić information content (AvgIpc) is 2.61. The Morgan fingerprint density at radius 1 is 1.38 bits per heavy atom. The van der Waals surface area contributed by atoms with Crippen LogP contribution in [-0.2, 0) is 6.54 Å². The first-order valence-corrected chi connectivity index (χ1v) is 5.16. The molecule has 1 aromatic rings. The van der Waals surface area contributed by atoms with Gasteiger partial charge < -0.3 is 4.90 Å². The molecule has 0 unspecified atom stereocenters. The van der Waals surface area contributed by atoms with Gasteiger partial charge in [0.1, 0.15) is 6.54 Å². The Balaban J connectivity index is 2.04. The third-order valence-corrected chi connectivity index (χ3v) is 2.96. The van der Waals surface area contributed by atoms with Crippen molar-refractivity contribution in [2.75, 3.05) is 13.1 Å². The molecule has 0 amide bonds. The van der Waals surface area contributed by atoms with Crippen LogP contribution in [0.5, 0.6) is 0 Å². The minimum Gasteiger partial charge on any atom is -0.331 e. The second-order valence-electron chi connectivity index (χ2n) is 3.60. The molecule has 3 heteroatoms. The molecule has 0 spiro atoms. The average molecular weight is 198 g/mol. The van der Waals surface area contributed by atoms with Crippen LogP contribution in [0.25, 0.3) is 0 Å². The van der Waals surface area contributed by atoms with Crippen LogP contribution >= 0.6 is 11.6 Å². The number of halogens is 1. The molecule has 2 rings (SSSR count). The Morgan fingerprint density at radius 2 is 2.15 bits per heavy atom. The Bertz CT molecular complexity index is 282. The first kappa shape index (κ1) is 8.97. The zero-order chi connectivity index (χ0) is 9.10. The normalized spacial score (nSPS) is 17.9. The summed E-state index contributed by atoms with van der Waals surface area (Å²) in [5.74, 6) is 0. The van der Waals surface area contributed by atoms with Crippen LogP contribution in [0.1, 0.15) is 18.4 Å². The van der Waals surface area contributed by atoms with Gasteiger partial charge in [0, 0.05) is 30.8 Å². The highest BCUT2D eigenvalue weighted by Gasteiger charge is 2.16. The van der Waals surface area contributed by atoms with Crippen LogP contribution in [0.3, 0.4) is 0 Å². The third kappa shape index (κ3) is 2.20. The standard InChI is InChI=1S/C10H13ClN2/c11-10-3-4-12-7-9(10)8-13-5-1-2-6-13/h3-4,7H,1-2,5-6,8H2/p+1. The molecule has 1 saturated heterocycles. The van der Waals surface area contributed by atoms with E-state index < -0.39 is 0 Å². The van der Waals surface area contributed by atoms with Crippen LogP contribution < -0.4 is 4.90 Å². The van der Waals surface area contributed by atoms with E-state index in [-0.39, 0.29) is 0 Å². The Labute approximate surface area is 83.5 Å². The summed E-state index contributed by atoms with van der Waals surface area (Å²) in [5, 5.41) is 0.856. The Hall–Kier alpha value is -0.600. The molecule has 1 fully saturated rings. The zero-order valence-corrected chi connectivity index (χ0v) is 8.35. The van der Waals surface area contributed by atoms with Gasteiger partial charge in [-0.15, -0.1) is 0 Å². The summed E-state index contributed by atoms with van der Waals surface area (Å²) in [5.41, 5.74) is 1.18. The van der Waals surface area contributed by atoms with Crippen LogP contribution in [0.4, 0.5) is 0 Å². The molecule has 0 atom stereocenters. The van der Waals surface area contributed by atoms with Crippen LogP contribution in [0.15, 0.2) is 18.5 Å². The lowest BCUT2D eigenvalue weighted by Gasteiger charge is -2.12. The number of nitrogens with zero attached hydrogens (tertiary/aromatic N) is 1. The highest BCUT2D eigenvalue weighted by Crippen LogP contribution is 2.12. The minimum atomic E-state index is 0.856. The summed E-state index contributed by atoms with van der Waals surface area (Å²) in [4.78, 5) is 5.72. The second-order valence-corrected chi connectivity index (χ2v) is 4.01. The molecule has 2 heterocycles. The van der Waals surface area contributed by atoms with Gasteiger partial charge in [-0.05, 0) is 6.07 Å². The predicted octanol–water partition coefficient (Wildman–Crippen LogP) is 0.914. The monoisotopic (exact) mass is 197 g/mol. The van der Waals surface area contributed by atoms with E-state index in [1.807, 2.05) is 12.3 Å². The zero-order valence-electron chi connectivity index (χ0n) is 7.59. The third-order valence-electron chi connectivity index (χ3n) is 2.60. The molecular formula is C10H14ClN2+. The van der Waals surface area contributed by atoms with Gasteiger partial charge in [0.15, 0.2) is 0 Å². The van der Waals surface area contributed by atoms with E-state index in [1.54, 1.807) is 11.1 Å². The molecule has 13 heavy (non-hydrogen) atoms. The van der Waals surface area contributed by atoms with Gasteiger partial charge in [-0.25, -0.2) is 0 Å². The first-order valence-electron chi connectivity index (χ1n) is 4.78. The van der Waals surface area contributed by atoms with E-state index in [0.29, 0.717) is 0 Å². The maximum absolute atomic E-state index is 6.05. The van der Waals surface area contributed by atoms with Crippen molar-refractivity contribution in [2.24, 2.45) is 0 Å². The lowest BCUT2D eigenvalue weighted by atomic mass is 10.2. The van der Waals surface area contributed by atoms with Gasteiger partial charge in [0.25, 0.3) is 0 Å². The van der Waals surface area contributed by atoms with Crippen molar-refractivity contribution < 1.29 is 4.90 Å². The van der Waals surface area contributed by atoms with Crippen molar-refractivity contribution in [3.8, 4) is 0 Å². The van der Waals surface area contributed by atoms with Crippen molar-refractivity contribution in [3.05, 3.63) is 29.0 Å². The van der Waals surface area contributed by atoms with Gasteiger partial charge in [-0.1, -0.05) is 11.6 Å². The molecule has 0 aromatic carbocycles. The number of rotatable bonds is 2. The highest BCUT2D eigenvalue weighted by molar-refractivity contribution is 6.31. The molecule has 0 bridgehead atoms. The number of quaternary nitrogens is 1. The summed E-state index contributed by atoms with van der Waals surface area (Å²) < 4.78 is 0. The summed E-state index contributed by atoms with van der Waals surface area (Å²) in [6.45, 7) is 3.60. The van der Waals surface area contributed by atoms with Gasteiger partial charge in [0.05, 0.1) is 18.1 Å². The van der Waals surface area contributed by atoms with Crippen molar-refractivity contribution in [3.63, 3.8) is 0 Å². The van der Waals surface area contributed by atoms with Crippen LogP contribution in [0, 0.1) is 0 Å². The van der Waals surface area contributed by atoms with E-state index in [1.165, 1.54) is 31.5 Å². The Morgan fingerprint density at radius 3 is 2.85 bits per heavy atom. The molecule has 0 aliphatic carbocycles. The lowest BCUT2D eigenvalue weighted by Crippen LogP contribution is -3.08. The largest absolute Gasteiger partial charge is 0.331 e. The molecule has 0 radical (unpaired) electrons. The highest BCUT2D eigenvalue weighted by atomic mass is 35.5. The van der Waals surface area contributed by atoms with E-state index >= 15 is 0 Å². The quantitative estimate of drug-likeness (QED) is 0.746. The van der Waals surface area contributed by atoms with Gasteiger partial charge in [0.2, 0.25) is 0 Å². The molecule has 0 saturated carbocycles. The van der Waals surface area contributed by atoms with Crippen LogP contribution in [0.2, 0.25) is 5.02 Å². The van der Waals surface area contributed by atoms with E-state index in [2.05, 4.69) is 4.98 Å². The number of pyridine rings is 1. The molecule has 2 nitrogen and oxygen atoms in total. The van der Waals surface area contributed by atoms with Crippen molar-refractivity contribution >= 4 is 11.6 Å². The van der Waals surface area contributed by atoms with Gasteiger partial charge in [-0.2, -0.15) is 0 Å². The fraction of sp³-hybridized carbons (Fsp3) is 0.500. The summed E-state index contributed by atoms with van der Waals surface area (Å²) in [6.07, 6.45) is 6.33. The van der Waals surface area contributed by atoms with Crippen molar-refractivity contribution in [1.82, 2.24) is 4.98 Å². The summed E-state index contributed by atoms with van der Waals surface area (Å²) >= 11 is 6.05. The second kappa shape index (κ2) is 4.07. The summed E-state index contributed by atoms with van der Waals surface area (Å²) in [6, 6.07) is 1.87. The molecule has 1 aromatic heterocycles. The van der Waals surface area contributed by atoms with Gasteiger partial charge >= 0.3 is 0 Å². The first-order chi connectivity index (χ1) is 6.36. The van der Waals surface area contributed by atoms with E-state index in [0.717, 1.165) is 11.6 Å². The predicted molar refractivity (Wildman–Crippen MR) is 52.9 cm³/mol. The molecule has 70 valence electrons. The number of hydrogen-bond donors (Lipinski definition) is 1. The van der Waals surface area contributed by atoms with Crippen molar-refractivity contribution in [1.29, 1.82) is 0 Å². The van der Waals surface area contributed by atoms with Crippen LogP contribution in [-0.4, -0.2) is 18.1 Å². The number of hydrogen-bond acceptors (Lipinski definition) is 1. The summed E-state index contributed by atoms with van der Waals surface area (Å²) in [7, 11) is 0. The van der Waals surface area contributed by atoms with E-state index in [4.69, 9.17) is 11.6 Å². The number of aromatic nitrogens is 1. The number of likely N-dealkylation sites (tertiary alicyclic amines) is 1. The van der Waals surface area contributed by atoms with E-state index in [9.17, 15) is 0 Å².